The highest BCUT2D eigenvalue weighted by molar-refractivity contribution is 7.15. The summed E-state index contributed by atoms with van der Waals surface area (Å²) in [6, 6.07) is 8.62. The van der Waals surface area contributed by atoms with E-state index >= 15 is 0 Å². The molecule has 0 aliphatic heterocycles. The predicted molar refractivity (Wildman–Crippen MR) is 77.6 cm³/mol. The van der Waals surface area contributed by atoms with Crippen LogP contribution in [0.15, 0.2) is 36.5 Å². The van der Waals surface area contributed by atoms with E-state index in [9.17, 15) is 9.59 Å². The molecule has 0 aliphatic carbocycles. The van der Waals surface area contributed by atoms with Crippen LogP contribution in [0.1, 0.15) is 38.0 Å². The normalized spacial score (nSPS) is 11.9. The minimum atomic E-state index is -0.519. The molecular weight excluding hydrogens is 274 g/mol. The zero-order valence-corrected chi connectivity index (χ0v) is 12.1. The number of aromatic nitrogens is 1. The maximum absolute atomic E-state index is 12.4. The third-order valence-corrected chi connectivity index (χ3v) is 4.16. The Morgan fingerprint density at radius 2 is 1.95 bits per heavy atom. The summed E-state index contributed by atoms with van der Waals surface area (Å²) in [5, 5.41) is 0. The fourth-order valence-corrected chi connectivity index (χ4v) is 2.60. The molecule has 2 amide bonds. The fraction of sp³-hybridized carbons (Fsp3) is 0.214. The Morgan fingerprint density at radius 1 is 1.25 bits per heavy atom. The number of thiophene rings is 1. The topological polar surface area (TPSA) is 76.3 Å². The van der Waals surface area contributed by atoms with Crippen LogP contribution in [-0.2, 0) is 0 Å². The molecule has 6 heteroatoms. The highest BCUT2D eigenvalue weighted by Gasteiger charge is 2.21. The molecule has 2 rings (SSSR count). The number of pyridine rings is 1. The molecule has 0 radical (unpaired) electrons. The molecule has 2 aromatic heterocycles. The molecular formula is C14H15N3O2S. The summed E-state index contributed by atoms with van der Waals surface area (Å²) in [6.07, 6.45) is 1.69. The second kappa shape index (κ2) is 5.83. The number of carbonyl (C=O) groups is 2. The number of primary amides is 1. The van der Waals surface area contributed by atoms with Gasteiger partial charge in [-0.2, -0.15) is 0 Å². The Labute approximate surface area is 121 Å². The van der Waals surface area contributed by atoms with Gasteiger partial charge in [0.25, 0.3) is 11.8 Å². The van der Waals surface area contributed by atoms with E-state index in [0.29, 0.717) is 9.75 Å². The summed E-state index contributed by atoms with van der Waals surface area (Å²) in [5.41, 5.74) is 6.01. The quantitative estimate of drug-likeness (QED) is 0.936. The van der Waals surface area contributed by atoms with Gasteiger partial charge in [0.15, 0.2) is 0 Å². The molecule has 2 heterocycles. The van der Waals surface area contributed by atoms with Gasteiger partial charge >= 0.3 is 0 Å². The molecule has 104 valence electrons. The summed E-state index contributed by atoms with van der Waals surface area (Å²) in [7, 11) is 1.71. The Kier molecular flexibility index (Phi) is 4.14. The first kappa shape index (κ1) is 14.2. The number of nitrogens with two attached hydrogens (primary N) is 1. The van der Waals surface area contributed by atoms with Gasteiger partial charge in [-0.25, -0.2) is 0 Å². The molecule has 0 aromatic carbocycles. The smallest absolute Gasteiger partial charge is 0.264 e. The minimum Gasteiger partial charge on any atom is -0.365 e. The van der Waals surface area contributed by atoms with Crippen molar-refractivity contribution in [2.45, 2.75) is 13.0 Å². The van der Waals surface area contributed by atoms with E-state index in [2.05, 4.69) is 4.98 Å². The second-order valence-corrected chi connectivity index (χ2v) is 5.46. The van der Waals surface area contributed by atoms with E-state index < -0.39 is 5.91 Å². The van der Waals surface area contributed by atoms with E-state index in [1.54, 1.807) is 30.3 Å². The first-order valence-electron chi connectivity index (χ1n) is 6.08. The van der Waals surface area contributed by atoms with Crippen LogP contribution in [0.2, 0.25) is 0 Å². The summed E-state index contributed by atoms with van der Waals surface area (Å²) in [5.74, 6) is -0.671. The third kappa shape index (κ3) is 2.85. The molecule has 0 saturated carbocycles. The van der Waals surface area contributed by atoms with Gasteiger partial charge in [0.2, 0.25) is 0 Å². The number of amides is 2. The fourth-order valence-electron chi connectivity index (χ4n) is 1.76. The van der Waals surface area contributed by atoms with Crippen molar-refractivity contribution >= 4 is 23.2 Å². The molecule has 1 atom stereocenters. The highest BCUT2D eigenvalue weighted by atomic mass is 32.1. The first-order valence-corrected chi connectivity index (χ1v) is 6.90. The monoisotopic (exact) mass is 289 g/mol. The highest BCUT2D eigenvalue weighted by Crippen LogP contribution is 2.22. The van der Waals surface area contributed by atoms with Crippen LogP contribution in [0.5, 0.6) is 0 Å². The predicted octanol–water partition coefficient (Wildman–Crippen LogP) is 2.08. The van der Waals surface area contributed by atoms with Crippen molar-refractivity contribution in [2.24, 2.45) is 5.73 Å². The molecule has 0 aliphatic rings. The number of rotatable bonds is 4. The van der Waals surface area contributed by atoms with Gasteiger partial charge in [-0.1, -0.05) is 6.07 Å². The van der Waals surface area contributed by atoms with Crippen molar-refractivity contribution in [2.75, 3.05) is 7.05 Å². The van der Waals surface area contributed by atoms with Crippen LogP contribution < -0.4 is 5.73 Å². The van der Waals surface area contributed by atoms with Crippen molar-refractivity contribution in [1.29, 1.82) is 0 Å². The van der Waals surface area contributed by atoms with Gasteiger partial charge in [-0.05, 0) is 31.2 Å². The summed E-state index contributed by atoms with van der Waals surface area (Å²) < 4.78 is 0. The molecule has 2 aromatic rings. The third-order valence-electron chi connectivity index (χ3n) is 3.08. The number of nitrogens with zero attached hydrogens (tertiary/aromatic N) is 2. The standard InChI is InChI=1S/C14H15N3O2S/c1-9(10-5-3-4-8-16-10)17(2)14(19)12-7-6-11(20-12)13(15)18/h3-9H,1-2H3,(H2,15,18). The van der Waals surface area contributed by atoms with Crippen LogP contribution in [0.25, 0.3) is 0 Å². The Bertz CT molecular complexity index is 624. The van der Waals surface area contributed by atoms with E-state index in [-0.39, 0.29) is 11.9 Å². The summed E-state index contributed by atoms with van der Waals surface area (Å²) >= 11 is 1.10. The maximum atomic E-state index is 12.4. The molecule has 0 spiro atoms. The lowest BCUT2D eigenvalue weighted by molar-refractivity contribution is 0.0744. The van der Waals surface area contributed by atoms with Crippen LogP contribution >= 0.6 is 11.3 Å². The van der Waals surface area contributed by atoms with Gasteiger partial charge in [-0.15, -0.1) is 11.3 Å². The van der Waals surface area contributed by atoms with Gasteiger partial charge in [0, 0.05) is 13.2 Å². The van der Waals surface area contributed by atoms with Crippen molar-refractivity contribution < 1.29 is 9.59 Å². The maximum Gasteiger partial charge on any atom is 0.264 e. The van der Waals surface area contributed by atoms with E-state index in [1.807, 2.05) is 25.1 Å². The summed E-state index contributed by atoms with van der Waals surface area (Å²) in [4.78, 5) is 30.1. The average molecular weight is 289 g/mol. The van der Waals surface area contributed by atoms with Crippen LogP contribution in [0, 0.1) is 0 Å². The van der Waals surface area contributed by atoms with Gasteiger partial charge in [-0.3, -0.25) is 14.6 Å². The number of hydrogen-bond donors (Lipinski definition) is 1. The average Bonchev–Trinajstić information content (AvgIpc) is 2.96. The van der Waals surface area contributed by atoms with E-state index in [0.717, 1.165) is 17.0 Å². The van der Waals surface area contributed by atoms with Crippen LogP contribution in [0.4, 0.5) is 0 Å². The molecule has 2 N–H and O–H groups in total. The molecule has 5 nitrogen and oxygen atoms in total. The Morgan fingerprint density at radius 3 is 2.50 bits per heavy atom. The van der Waals surface area contributed by atoms with Crippen molar-refractivity contribution in [3.8, 4) is 0 Å². The lowest BCUT2D eigenvalue weighted by Gasteiger charge is -2.23. The summed E-state index contributed by atoms with van der Waals surface area (Å²) in [6.45, 7) is 1.91. The van der Waals surface area contributed by atoms with Crippen molar-refractivity contribution in [1.82, 2.24) is 9.88 Å². The van der Waals surface area contributed by atoms with Gasteiger partial charge in [0.1, 0.15) is 0 Å². The zero-order chi connectivity index (χ0) is 14.7. The molecule has 0 saturated heterocycles. The van der Waals surface area contributed by atoms with Gasteiger partial charge in [0.05, 0.1) is 21.5 Å². The second-order valence-electron chi connectivity index (χ2n) is 4.37. The largest absolute Gasteiger partial charge is 0.365 e. The molecule has 0 bridgehead atoms. The molecule has 0 fully saturated rings. The minimum absolute atomic E-state index is 0.150. The van der Waals surface area contributed by atoms with Crippen molar-refractivity contribution in [3.05, 3.63) is 52.0 Å². The Balaban J connectivity index is 2.17. The molecule has 20 heavy (non-hydrogen) atoms. The van der Waals surface area contributed by atoms with Crippen LogP contribution in [0.3, 0.4) is 0 Å². The lowest BCUT2D eigenvalue weighted by atomic mass is 10.2. The number of carbonyl (C=O) groups excluding carboxylic acids is 2. The van der Waals surface area contributed by atoms with Crippen molar-refractivity contribution in [3.63, 3.8) is 0 Å². The van der Waals surface area contributed by atoms with E-state index in [1.165, 1.54) is 0 Å². The van der Waals surface area contributed by atoms with E-state index in [4.69, 9.17) is 5.73 Å². The first-order chi connectivity index (χ1) is 9.50. The lowest BCUT2D eigenvalue weighted by Crippen LogP contribution is -2.29. The van der Waals surface area contributed by atoms with Gasteiger partial charge < -0.3 is 10.6 Å². The Hall–Kier alpha value is -2.21. The number of hydrogen-bond acceptors (Lipinski definition) is 4. The molecule has 1 unspecified atom stereocenters. The van der Waals surface area contributed by atoms with Crippen LogP contribution in [-0.4, -0.2) is 28.7 Å². The SMILES string of the molecule is CC(c1ccccn1)N(C)C(=O)c1ccc(C(N)=O)s1. The zero-order valence-electron chi connectivity index (χ0n) is 11.2.